The SMILES string of the molecule is Cc1ccc(CC2CNC2)nc1. The van der Waals surface area contributed by atoms with Crippen molar-refractivity contribution >= 4 is 0 Å². The first kappa shape index (κ1) is 7.74. The maximum atomic E-state index is 4.37. The average Bonchev–Trinajstić information content (AvgIpc) is 2.00. The van der Waals surface area contributed by atoms with Gasteiger partial charge >= 0.3 is 0 Å². The molecular formula is C10H14N2. The Kier molecular flexibility index (Phi) is 2.09. The Morgan fingerprint density at radius 3 is 2.83 bits per heavy atom. The summed E-state index contributed by atoms with van der Waals surface area (Å²) in [7, 11) is 0. The number of nitrogens with zero attached hydrogens (tertiary/aromatic N) is 1. The van der Waals surface area contributed by atoms with E-state index in [0.717, 1.165) is 25.4 Å². The molecule has 1 aromatic rings. The molecule has 0 amide bonds. The lowest BCUT2D eigenvalue weighted by Gasteiger charge is -2.26. The molecule has 1 aliphatic rings. The van der Waals surface area contributed by atoms with Gasteiger partial charge in [0.15, 0.2) is 0 Å². The molecule has 1 aromatic heterocycles. The summed E-state index contributed by atoms with van der Waals surface area (Å²) < 4.78 is 0. The highest BCUT2D eigenvalue weighted by Gasteiger charge is 2.16. The molecule has 0 aromatic carbocycles. The summed E-state index contributed by atoms with van der Waals surface area (Å²) >= 11 is 0. The van der Waals surface area contributed by atoms with E-state index in [-0.39, 0.29) is 0 Å². The van der Waals surface area contributed by atoms with E-state index in [1.165, 1.54) is 11.3 Å². The van der Waals surface area contributed by atoms with Gasteiger partial charge in [0.25, 0.3) is 0 Å². The minimum atomic E-state index is 0.820. The second-order valence-corrected chi connectivity index (χ2v) is 3.56. The summed E-state index contributed by atoms with van der Waals surface area (Å²) in [4.78, 5) is 4.37. The number of pyridine rings is 1. The Bertz CT molecular complexity index is 249. The summed E-state index contributed by atoms with van der Waals surface area (Å²) in [6.45, 7) is 4.40. The van der Waals surface area contributed by atoms with Crippen LogP contribution in [0.3, 0.4) is 0 Å². The van der Waals surface area contributed by atoms with Crippen molar-refractivity contribution in [2.75, 3.05) is 13.1 Å². The lowest BCUT2D eigenvalue weighted by molar-refractivity contribution is 0.344. The highest BCUT2D eigenvalue weighted by Crippen LogP contribution is 2.10. The smallest absolute Gasteiger partial charge is 0.0407 e. The number of rotatable bonds is 2. The lowest BCUT2D eigenvalue weighted by atomic mass is 9.97. The van der Waals surface area contributed by atoms with Crippen molar-refractivity contribution in [3.05, 3.63) is 29.6 Å². The van der Waals surface area contributed by atoms with Crippen molar-refractivity contribution in [2.24, 2.45) is 5.92 Å². The third-order valence-electron chi connectivity index (χ3n) is 2.34. The van der Waals surface area contributed by atoms with E-state index in [1.807, 2.05) is 6.20 Å². The molecule has 12 heavy (non-hydrogen) atoms. The number of aromatic nitrogens is 1. The molecule has 1 aliphatic heterocycles. The van der Waals surface area contributed by atoms with Gasteiger partial charge in [-0.25, -0.2) is 0 Å². The zero-order valence-corrected chi connectivity index (χ0v) is 7.38. The summed E-state index contributed by atoms with van der Waals surface area (Å²) in [5.74, 6) is 0.820. The van der Waals surface area contributed by atoms with Crippen molar-refractivity contribution in [1.29, 1.82) is 0 Å². The van der Waals surface area contributed by atoms with E-state index in [4.69, 9.17) is 0 Å². The molecule has 0 aliphatic carbocycles. The molecule has 0 atom stereocenters. The zero-order chi connectivity index (χ0) is 8.39. The molecule has 64 valence electrons. The predicted octanol–water partition coefficient (Wildman–Crippen LogP) is 1.15. The van der Waals surface area contributed by atoms with Gasteiger partial charge in [0.1, 0.15) is 0 Å². The highest BCUT2D eigenvalue weighted by molar-refractivity contribution is 5.13. The Balaban J connectivity index is 1.98. The van der Waals surface area contributed by atoms with Crippen LogP contribution in [0.1, 0.15) is 11.3 Å². The molecule has 1 N–H and O–H groups in total. The van der Waals surface area contributed by atoms with Crippen LogP contribution in [-0.4, -0.2) is 18.1 Å². The van der Waals surface area contributed by atoms with Crippen LogP contribution in [0.15, 0.2) is 18.3 Å². The standard InChI is InChI=1S/C10H14N2/c1-8-2-3-10(12-5-8)4-9-6-11-7-9/h2-3,5,9,11H,4,6-7H2,1H3. The molecule has 0 saturated carbocycles. The van der Waals surface area contributed by atoms with Crippen LogP contribution in [0.5, 0.6) is 0 Å². The molecule has 2 heterocycles. The first-order valence-electron chi connectivity index (χ1n) is 4.47. The molecule has 0 radical (unpaired) electrons. The fourth-order valence-corrected chi connectivity index (χ4v) is 1.41. The Morgan fingerprint density at radius 2 is 2.33 bits per heavy atom. The molecule has 2 heteroatoms. The molecule has 1 saturated heterocycles. The van der Waals surface area contributed by atoms with Crippen molar-refractivity contribution in [1.82, 2.24) is 10.3 Å². The van der Waals surface area contributed by atoms with E-state index < -0.39 is 0 Å². The number of hydrogen-bond donors (Lipinski definition) is 1. The van der Waals surface area contributed by atoms with Gasteiger partial charge in [0, 0.05) is 11.9 Å². The third-order valence-corrected chi connectivity index (χ3v) is 2.34. The monoisotopic (exact) mass is 162 g/mol. The van der Waals surface area contributed by atoms with E-state index in [9.17, 15) is 0 Å². The molecule has 0 spiro atoms. The summed E-state index contributed by atoms with van der Waals surface area (Å²) in [5, 5.41) is 3.27. The molecule has 2 rings (SSSR count). The Labute approximate surface area is 73.0 Å². The van der Waals surface area contributed by atoms with Crippen molar-refractivity contribution < 1.29 is 0 Å². The second-order valence-electron chi connectivity index (χ2n) is 3.56. The van der Waals surface area contributed by atoms with Crippen molar-refractivity contribution in [3.8, 4) is 0 Å². The number of nitrogens with one attached hydrogen (secondary N) is 1. The normalized spacial score (nSPS) is 17.4. The fraction of sp³-hybridized carbons (Fsp3) is 0.500. The van der Waals surface area contributed by atoms with Crippen LogP contribution in [0.2, 0.25) is 0 Å². The Hall–Kier alpha value is -0.890. The largest absolute Gasteiger partial charge is 0.316 e. The molecule has 0 bridgehead atoms. The van der Waals surface area contributed by atoms with Gasteiger partial charge < -0.3 is 5.32 Å². The Morgan fingerprint density at radius 1 is 1.50 bits per heavy atom. The predicted molar refractivity (Wildman–Crippen MR) is 49.0 cm³/mol. The van der Waals surface area contributed by atoms with Gasteiger partial charge in [-0.2, -0.15) is 0 Å². The third kappa shape index (κ3) is 1.64. The summed E-state index contributed by atoms with van der Waals surface area (Å²) in [6.07, 6.45) is 3.08. The van der Waals surface area contributed by atoms with Crippen molar-refractivity contribution in [2.45, 2.75) is 13.3 Å². The van der Waals surface area contributed by atoms with Crippen LogP contribution in [0, 0.1) is 12.8 Å². The zero-order valence-electron chi connectivity index (χ0n) is 7.38. The van der Waals surface area contributed by atoms with Gasteiger partial charge in [-0.3, -0.25) is 4.98 Å². The molecule has 2 nitrogen and oxygen atoms in total. The maximum Gasteiger partial charge on any atom is 0.0407 e. The van der Waals surface area contributed by atoms with Crippen LogP contribution in [-0.2, 0) is 6.42 Å². The number of hydrogen-bond acceptors (Lipinski definition) is 2. The molecule has 1 fully saturated rings. The van der Waals surface area contributed by atoms with E-state index >= 15 is 0 Å². The lowest BCUT2D eigenvalue weighted by Crippen LogP contribution is -2.43. The second kappa shape index (κ2) is 3.23. The first-order valence-corrected chi connectivity index (χ1v) is 4.47. The summed E-state index contributed by atoms with van der Waals surface area (Å²) in [6, 6.07) is 4.27. The number of aryl methyl sites for hydroxylation is 1. The van der Waals surface area contributed by atoms with Crippen LogP contribution in [0.4, 0.5) is 0 Å². The van der Waals surface area contributed by atoms with E-state index in [0.29, 0.717) is 0 Å². The maximum absolute atomic E-state index is 4.37. The minimum absolute atomic E-state index is 0.820. The molecule has 0 unspecified atom stereocenters. The van der Waals surface area contributed by atoms with Crippen molar-refractivity contribution in [3.63, 3.8) is 0 Å². The van der Waals surface area contributed by atoms with Crippen LogP contribution in [0.25, 0.3) is 0 Å². The van der Waals surface area contributed by atoms with Gasteiger partial charge in [-0.1, -0.05) is 6.07 Å². The minimum Gasteiger partial charge on any atom is -0.316 e. The topological polar surface area (TPSA) is 24.9 Å². The average molecular weight is 162 g/mol. The van der Waals surface area contributed by atoms with E-state index in [1.54, 1.807) is 0 Å². The van der Waals surface area contributed by atoms with E-state index in [2.05, 4.69) is 29.4 Å². The quantitative estimate of drug-likeness (QED) is 0.705. The highest BCUT2D eigenvalue weighted by atomic mass is 14.9. The van der Waals surface area contributed by atoms with Gasteiger partial charge in [-0.05, 0) is 44.0 Å². The van der Waals surface area contributed by atoms with Gasteiger partial charge in [0.2, 0.25) is 0 Å². The fourth-order valence-electron chi connectivity index (χ4n) is 1.41. The molecular weight excluding hydrogens is 148 g/mol. The van der Waals surface area contributed by atoms with Crippen LogP contribution < -0.4 is 5.32 Å². The van der Waals surface area contributed by atoms with Crippen LogP contribution >= 0.6 is 0 Å². The van der Waals surface area contributed by atoms with Gasteiger partial charge in [0.05, 0.1) is 0 Å². The summed E-state index contributed by atoms with van der Waals surface area (Å²) in [5.41, 5.74) is 2.47. The first-order chi connectivity index (χ1) is 5.84. The van der Waals surface area contributed by atoms with Gasteiger partial charge in [-0.15, -0.1) is 0 Å².